The summed E-state index contributed by atoms with van der Waals surface area (Å²) >= 11 is 5.86. The quantitative estimate of drug-likeness (QED) is 0.904. The average Bonchev–Trinajstić information content (AvgIpc) is 2.99. The van der Waals surface area contributed by atoms with Crippen molar-refractivity contribution < 1.29 is 9.53 Å². The molecule has 1 aromatic heterocycles. The predicted molar refractivity (Wildman–Crippen MR) is 86.1 cm³/mol. The lowest BCUT2D eigenvalue weighted by Crippen LogP contribution is -2.49. The number of nitrogens with zero attached hydrogens (tertiary/aromatic N) is 2. The monoisotopic (exact) mass is 323 g/mol. The van der Waals surface area contributed by atoms with Gasteiger partial charge in [-0.2, -0.15) is 0 Å². The number of anilines is 1. The second kappa shape index (κ2) is 5.61. The lowest BCUT2D eigenvalue weighted by molar-refractivity contribution is 0.0179. The number of hydrogen-bond acceptors (Lipinski definition) is 4. The molecule has 1 amide bonds. The number of fused-ring (bicyclic) bond motifs is 2. The number of likely N-dealkylation sites (tertiary alicyclic amines) is 1. The third kappa shape index (κ3) is 3.29. The molecule has 3 unspecified atom stereocenters. The molecule has 2 fully saturated rings. The third-order valence-corrected chi connectivity index (χ3v) is 4.39. The lowest BCUT2D eigenvalue weighted by Gasteiger charge is -2.35. The van der Waals surface area contributed by atoms with Crippen molar-refractivity contribution in [1.29, 1.82) is 0 Å². The summed E-state index contributed by atoms with van der Waals surface area (Å²) in [7, 11) is 0. The summed E-state index contributed by atoms with van der Waals surface area (Å²) in [5.41, 5.74) is -0.459. The number of ether oxygens (including phenoxy) is 1. The van der Waals surface area contributed by atoms with Crippen LogP contribution in [0.4, 0.5) is 10.6 Å². The van der Waals surface area contributed by atoms with E-state index < -0.39 is 5.60 Å². The minimum Gasteiger partial charge on any atom is -0.444 e. The molecule has 22 heavy (non-hydrogen) atoms. The van der Waals surface area contributed by atoms with Crippen LogP contribution in [0, 0.1) is 5.92 Å². The van der Waals surface area contributed by atoms with Gasteiger partial charge in [0.25, 0.3) is 0 Å². The van der Waals surface area contributed by atoms with E-state index in [0.29, 0.717) is 10.9 Å². The Morgan fingerprint density at radius 1 is 1.41 bits per heavy atom. The van der Waals surface area contributed by atoms with Crippen LogP contribution >= 0.6 is 11.6 Å². The Labute approximate surface area is 136 Å². The average molecular weight is 324 g/mol. The first-order chi connectivity index (χ1) is 10.3. The van der Waals surface area contributed by atoms with Gasteiger partial charge in [0.1, 0.15) is 11.4 Å². The van der Waals surface area contributed by atoms with Crippen molar-refractivity contribution in [2.75, 3.05) is 11.9 Å². The molecule has 6 heteroatoms. The standard InChI is InChI=1S/C16H22ClN3O2/c1-16(2,3)22-15(21)20-9-10-6-12(13(20)7-10)19-14-5-4-11(17)8-18-14/h4-5,8,10,12-13H,6-7,9H2,1-3H3,(H,18,19). The van der Waals surface area contributed by atoms with Crippen LogP contribution in [0.2, 0.25) is 5.02 Å². The van der Waals surface area contributed by atoms with Crippen LogP contribution in [0.3, 0.4) is 0 Å². The normalized spacial score (nSPS) is 27.1. The molecule has 0 radical (unpaired) electrons. The fourth-order valence-corrected chi connectivity index (χ4v) is 3.47. The number of amides is 1. The maximum atomic E-state index is 12.3. The highest BCUT2D eigenvalue weighted by molar-refractivity contribution is 6.30. The van der Waals surface area contributed by atoms with Crippen LogP contribution in [-0.2, 0) is 4.74 Å². The Morgan fingerprint density at radius 2 is 2.18 bits per heavy atom. The molecule has 1 aliphatic heterocycles. The van der Waals surface area contributed by atoms with Crippen molar-refractivity contribution in [3.8, 4) is 0 Å². The Bertz CT molecular complexity index is 556. The van der Waals surface area contributed by atoms with E-state index in [1.807, 2.05) is 37.8 Å². The smallest absolute Gasteiger partial charge is 0.410 e. The van der Waals surface area contributed by atoms with Crippen LogP contribution in [0.1, 0.15) is 33.6 Å². The number of hydrogen-bond donors (Lipinski definition) is 1. The van der Waals surface area contributed by atoms with Gasteiger partial charge in [-0.3, -0.25) is 0 Å². The van der Waals surface area contributed by atoms with E-state index in [0.717, 1.165) is 25.2 Å². The SMILES string of the molecule is CC(C)(C)OC(=O)N1CC2CC(Nc3ccc(Cl)cn3)C1C2. The molecule has 5 nitrogen and oxygen atoms in total. The number of rotatable bonds is 2. The first-order valence-electron chi connectivity index (χ1n) is 7.69. The lowest BCUT2D eigenvalue weighted by atomic mass is 10.1. The molecule has 2 aliphatic rings. The molecule has 3 rings (SSSR count). The molecule has 2 heterocycles. The van der Waals surface area contributed by atoms with E-state index >= 15 is 0 Å². The fourth-order valence-electron chi connectivity index (χ4n) is 3.36. The van der Waals surface area contributed by atoms with Gasteiger partial charge in [-0.1, -0.05) is 11.6 Å². The minimum atomic E-state index is -0.459. The van der Waals surface area contributed by atoms with E-state index in [9.17, 15) is 4.79 Å². The highest BCUT2D eigenvalue weighted by atomic mass is 35.5. The van der Waals surface area contributed by atoms with Crippen molar-refractivity contribution in [2.45, 2.75) is 51.3 Å². The predicted octanol–water partition coefficient (Wildman–Crippen LogP) is 3.54. The second-order valence-electron chi connectivity index (χ2n) is 7.15. The van der Waals surface area contributed by atoms with Gasteiger partial charge in [0, 0.05) is 18.8 Å². The fraction of sp³-hybridized carbons (Fsp3) is 0.625. The molecular formula is C16H22ClN3O2. The van der Waals surface area contributed by atoms with E-state index in [1.165, 1.54) is 0 Å². The van der Waals surface area contributed by atoms with Crippen molar-refractivity contribution in [3.63, 3.8) is 0 Å². The molecule has 1 saturated carbocycles. The summed E-state index contributed by atoms with van der Waals surface area (Å²) in [5.74, 6) is 1.34. The zero-order chi connectivity index (χ0) is 15.9. The van der Waals surface area contributed by atoms with Gasteiger partial charge in [0.2, 0.25) is 0 Å². The van der Waals surface area contributed by atoms with Crippen molar-refractivity contribution in [2.24, 2.45) is 5.92 Å². The summed E-state index contributed by atoms with van der Waals surface area (Å²) in [4.78, 5) is 18.5. The molecule has 3 atom stereocenters. The third-order valence-electron chi connectivity index (χ3n) is 4.17. The maximum Gasteiger partial charge on any atom is 0.410 e. The van der Waals surface area contributed by atoms with Crippen LogP contribution in [0.25, 0.3) is 0 Å². The largest absolute Gasteiger partial charge is 0.444 e. The molecule has 120 valence electrons. The number of carbonyl (C=O) groups excluding carboxylic acids is 1. The Hall–Kier alpha value is -1.49. The molecule has 1 aromatic rings. The molecular weight excluding hydrogens is 302 g/mol. The molecule has 0 spiro atoms. The van der Waals surface area contributed by atoms with Crippen molar-refractivity contribution in [3.05, 3.63) is 23.4 Å². The first-order valence-corrected chi connectivity index (χ1v) is 8.07. The zero-order valence-electron chi connectivity index (χ0n) is 13.2. The molecule has 0 aromatic carbocycles. The number of aromatic nitrogens is 1. The van der Waals surface area contributed by atoms with E-state index in [2.05, 4.69) is 10.3 Å². The van der Waals surface area contributed by atoms with Crippen LogP contribution in [0.15, 0.2) is 18.3 Å². The van der Waals surface area contributed by atoms with E-state index in [-0.39, 0.29) is 18.2 Å². The molecule has 1 aliphatic carbocycles. The summed E-state index contributed by atoms with van der Waals surface area (Å²) in [6.07, 6.45) is 3.51. The number of nitrogens with one attached hydrogen (secondary N) is 1. The number of pyridine rings is 1. The van der Waals surface area contributed by atoms with E-state index in [4.69, 9.17) is 16.3 Å². The van der Waals surface area contributed by atoms with Gasteiger partial charge in [-0.15, -0.1) is 0 Å². The Balaban J connectivity index is 1.66. The molecule has 1 N–H and O–H groups in total. The van der Waals surface area contributed by atoms with Crippen molar-refractivity contribution >= 4 is 23.5 Å². The number of halogens is 1. The van der Waals surface area contributed by atoms with Gasteiger partial charge in [-0.05, 0) is 51.7 Å². The summed E-state index contributed by atoms with van der Waals surface area (Å²) in [5, 5.41) is 4.05. The first kappa shape index (κ1) is 15.4. The topological polar surface area (TPSA) is 54.5 Å². The zero-order valence-corrected chi connectivity index (χ0v) is 13.9. The number of piperidine rings is 1. The van der Waals surface area contributed by atoms with Crippen LogP contribution < -0.4 is 5.32 Å². The summed E-state index contributed by atoms with van der Waals surface area (Å²) < 4.78 is 5.51. The second-order valence-corrected chi connectivity index (χ2v) is 7.59. The van der Waals surface area contributed by atoms with Gasteiger partial charge < -0.3 is 15.0 Å². The Morgan fingerprint density at radius 3 is 2.77 bits per heavy atom. The minimum absolute atomic E-state index is 0.178. The van der Waals surface area contributed by atoms with Crippen molar-refractivity contribution in [1.82, 2.24) is 9.88 Å². The van der Waals surface area contributed by atoms with Gasteiger partial charge >= 0.3 is 6.09 Å². The highest BCUT2D eigenvalue weighted by Crippen LogP contribution is 2.39. The highest BCUT2D eigenvalue weighted by Gasteiger charge is 2.48. The summed E-state index contributed by atoms with van der Waals surface area (Å²) in [6, 6.07) is 4.08. The maximum absolute atomic E-state index is 12.3. The molecule has 2 bridgehead atoms. The van der Waals surface area contributed by atoms with Gasteiger partial charge in [0.05, 0.1) is 11.1 Å². The van der Waals surface area contributed by atoms with Gasteiger partial charge in [0.15, 0.2) is 0 Å². The molecule has 1 saturated heterocycles. The van der Waals surface area contributed by atoms with Crippen LogP contribution in [0.5, 0.6) is 0 Å². The van der Waals surface area contributed by atoms with Crippen LogP contribution in [-0.4, -0.2) is 40.2 Å². The van der Waals surface area contributed by atoms with E-state index in [1.54, 1.807) is 6.20 Å². The van der Waals surface area contributed by atoms with Gasteiger partial charge in [-0.25, -0.2) is 9.78 Å². The summed E-state index contributed by atoms with van der Waals surface area (Å²) in [6.45, 7) is 6.48. The number of carbonyl (C=O) groups is 1. The Kier molecular flexibility index (Phi) is 3.93.